The predicted molar refractivity (Wildman–Crippen MR) is 59.0 cm³/mol. The Morgan fingerprint density at radius 3 is 3.12 bits per heavy atom. The van der Waals surface area contributed by atoms with Crippen molar-refractivity contribution in [1.82, 2.24) is 10.3 Å². The average Bonchev–Trinajstić information content (AvgIpc) is 2.43. The maximum Gasteiger partial charge on any atom is 0.239 e. The summed E-state index contributed by atoms with van der Waals surface area (Å²) in [5.41, 5.74) is 0. The van der Waals surface area contributed by atoms with Gasteiger partial charge in [-0.3, -0.25) is 4.79 Å². The molecule has 0 unspecified atom stereocenters. The summed E-state index contributed by atoms with van der Waals surface area (Å²) >= 11 is 5.62. The van der Waals surface area contributed by atoms with Crippen LogP contribution < -0.4 is 10.2 Å². The normalized spacial score (nSPS) is 16.9. The maximum absolute atomic E-state index is 13.6. The van der Waals surface area contributed by atoms with Crippen molar-refractivity contribution in [2.24, 2.45) is 0 Å². The number of anilines is 1. The summed E-state index contributed by atoms with van der Waals surface area (Å²) in [5.74, 6) is -0.433. The lowest BCUT2D eigenvalue weighted by molar-refractivity contribution is -0.119. The van der Waals surface area contributed by atoms with Gasteiger partial charge < -0.3 is 10.2 Å². The van der Waals surface area contributed by atoms with E-state index in [1.807, 2.05) is 0 Å². The van der Waals surface area contributed by atoms with Crippen molar-refractivity contribution in [3.63, 3.8) is 0 Å². The Morgan fingerprint density at radius 1 is 1.56 bits per heavy atom. The Labute approximate surface area is 97.4 Å². The van der Waals surface area contributed by atoms with Crippen molar-refractivity contribution < 1.29 is 9.18 Å². The molecular weight excluding hydrogens is 233 g/mol. The second kappa shape index (κ2) is 4.65. The zero-order valence-corrected chi connectivity index (χ0v) is 9.30. The van der Waals surface area contributed by atoms with E-state index in [0.29, 0.717) is 13.1 Å². The quantitative estimate of drug-likeness (QED) is 0.806. The minimum Gasteiger partial charge on any atom is -0.354 e. The molecule has 1 aliphatic heterocycles. The molecule has 1 N–H and O–H groups in total. The molecule has 0 bridgehead atoms. The van der Waals surface area contributed by atoms with E-state index in [1.165, 1.54) is 12.3 Å². The van der Waals surface area contributed by atoms with Gasteiger partial charge in [-0.1, -0.05) is 11.6 Å². The molecule has 1 fully saturated rings. The summed E-state index contributed by atoms with van der Waals surface area (Å²) < 4.78 is 13.6. The highest BCUT2D eigenvalue weighted by Crippen LogP contribution is 2.20. The highest BCUT2D eigenvalue weighted by atomic mass is 35.5. The molecule has 2 heterocycles. The fraction of sp³-hybridized carbons (Fsp3) is 0.400. The van der Waals surface area contributed by atoms with Gasteiger partial charge in [0.05, 0.1) is 11.6 Å². The summed E-state index contributed by atoms with van der Waals surface area (Å²) in [6.45, 7) is 1.35. The predicted octanol–water partition coefficient (Wildman–Crippen LogP) is 1.20. The van der Waals surface area contributed by atoms with Crippen LogP contribution in [0.15, 0.2) is 12.3 Å². The van der Waals surface area contributed by atoms with Crippen LogP contribution >= 0.6 is 11.6 Å². The molecule has 86 valence electrons. The SMILES string of the molecule is O=C1CN(c2ncc(Cl)cc2F)CCCN1. The van der Waals surface area contributed by atoms with Crippen molar-refractivity contribution in [2.75, 3.05) is 24.5 Å². The molecule has 0 radical (unpaired) electrons. The third-order valence-corrected chi connectivity index (χ3v) is 2.56. The van der Waals surface area contributed by atoms with E-state index >= 15 is 0 Å². The lowest BCUT2D eigenvalue weighted by atomic mass is 10.3. The van der Waals surface area contributed by atoms with Crippen LogP contribution in [-0.4, -0.2) is 30.5 Å². The number of hydrogen-bond acceptors (Lipinski definition) is 3. The summed E-state index contributed by atoms with van der Waals surface area (Å²) in [7, 11) is 0. The lowest BCUT2D eigenvalue weighted by Gasteiger charge is -2.20. The first-order valence-electron chi connectivity index (χ1n) is 4.99. The smallest absolute Gasteiger partial charge is 0.239 e. The van der Waals surface area contributed by atoms with Crippen molar-refractivity contribution in [2.45, 2.75) is 6.42 Å². The van der Waals surface area contributed by atoms with Crippen LogP contribution in [0.2, 0.25) is 5.02 Å². The number of carbonyl (C=O) groups is 1. The van der Waals surface area contributed by atoms with E-state index in [1.54, 1.807) is 4.90 Å². The topological polar surface area (TPSA) is 45.2 Å². The molecule has 0 aliphatic carbocycles. The summed E-state index contributed by atoms with van der Waals surface area (Å²) in [5, 5.41) is 2.97. The van der Waals surface area contributed by atoms with Crippen LogP contribution in [-0.2, 0) is 4.79 Å². The first-order valence-corrected chi connectivity index (χ1v) is 5.37. The van der Waals surface area contributed by atoms with Crippen LogP contribution in [0.3, 0.4) is 0 Å². The van der Waals surface area contributed by atoms with Crippen molar-refractivity contribution in [3.05, 3.63) is 23.1 Å². The highest BCUT2D eigenvalue weighted by molar-refractivity contribution is 6.30. The number of nitrogens with zero attached hydrogens (tertiary/aromatic N) is 2. The van der Waals surface area contributed by atoms with Crippen LogP contribution in [0.25, 0.3) is 0 Å². The standard InChI is InChI=1S/C10H11ClFN3O/c11-7-4-8(12)10(14-5-7)15-3-1-2-13-9(16)6-15/h4-5H,1-3,6H2,(H,13,16). The first-order chi connectivity index (χ1) is 7.66. The Morgan fingerprint density at radius 2 is 2.38 bits per heavy atom. The molecule has 0 spiro atoms. The van der Waals surface area contributed by atoms with E-state index in [2.05, 4.69) is 10.3 Å². The molecule has 2 rings (SSSR count). The molecule has 0 saturated carbocycles. The van der Waals surface area contributed by atoms with E-state index in [9.17, 15) is 9.18 Å². The number of rotatable bonds is 1. The molecule has 1 aliphatic rings. The van der Waals surface area contributed by atoms with Crippen LogP contribution in [0.5, 0.6) is 0 Å². The van der Waals surface area contributed by atoms with Crippen molar-refractivity contribution >= 4 is 23.3 Å². The molecule has 0 aromatic carbocycles. The third-order valence-electron chi connectivity index (χ3n) is 2.35. The summed E-state index contributed by atoms with van der Waals surface area (Å²) in [4.78, 5) is 16.9. The largest absolute Gasteiger partial charge is 0.354 e. The van der Waals surface area contributed by atoms with Gasteiger partial charge in [-0.15, -0.1) is 0 Å². The zero-order valence-electron chi connectivity index (χ0n) is 8.54. The first kappa shape index (κ1) is 11.1. The Kier molecular flexibility index (Phi) is 3.24. The Hall–Kier alpha value is -1.36. The van der Waals surface area contributed by atoms with Crippen LogP contribution in [0.1, 0.15) is 6.42 Å². The maximum atomic E-state index is 13.6. The molecule has 1 aromatic heterocycles. The van der Waals surface area contributed by atoms with Gasteiger partial charge in [-0.2, -0.15) is 0 Å². The number of nitrogens with one attached hydrogen (secondary N) is 1. The van der Waals surface area contributed by atoms with Gasteiger partial charge in [-0.05, 0) is 12.5 Å². The number of amides is 1. The molecule has 1 saturated heterocycles. The van der Waals surface area contributed by atoms with Gasteiger partial charge in [0.15, 0.2) is 11.6 Å². The molecule has 1 aromatic rings. The monoisotopic (exact) mass is 243 g/mol. The van der Waals surface area contributed by atoms with E-state index in [-0.39, 0.29) is 23.3 Å². The highest BCUT2D eigenvalue weighted by Gasteiger charge is 2.19. The Bertz CT molecular complexity index is 413. The minimum atomic E-state index is -0.498. The number of halogens is 2. The van der Waals surface area contributed by atoms with E-state index in [0.717, 1.165) is 6.42 Å². The fourth-order valence-electron chi connectivity index (χ4n) is 1.63. The molecule has 4 nitrogen and oxygen atoms in total. The third kappa shape index (κ3) is 2.41. The summed E-state index contributed by atoms with van der Waals surface area (Å²) in [6.07, 6.45) is 2.15. The Balaban J connectivity index is 2.24. The van der Waals surface area contributed by atoms with Gasteiger partial charge in [0.1, 0.15) is 0 Å². The zero-order chi connectivity index (χ0) is 11.5. The molecule has 0 atom stereocenters. The number of carbonyl (C=O) groups excluding carboxylic acids is 1. The molecule has 16 heavy (non-hydrogen) atoms. The number of hydrogen-bond donors (Lipinski definition) is 1. The van der Waals surface area contributed by atoms with Gasteiger partial charge in [-0.25, -0.2) is 9.37 Å². The van der Waals surface area contributed by atoms with Gasteiger partial charge in [0.2, 0.25) is 5.91 Å². The number of pyridine rings is 1. The molecular formula is C10H11ClFN3O. The van der Waals surface area contributed by atoms with Gasteiger partial charge in [0, 0.05) is 19.3 Å². The van der Waals surface area contributed by atoms with Gasteiger partial charge >= 0.3 is 0 Å². The molecule has 1 amide bonds. The lowest BCUT2D eigenvalue weighted by Crippen LogP contribution is -2.34. The fourth-order valence-corrected chi connectivity index (χ4v) is 1.77. The van der Waals surface area contributed by atoms with E-state index < -0.39 is 5.82 Å². The second-order valence-electron chi connectivity index (χ2n) is 3.58. The summed E-state index contributed by atoms with van der Waals surface area (Å²) in [6, 6.07) is 1.20. The second-order valence-corrected chi connectivity index (χ2v) is 4.02. The minimum absolute atomic E-state index is 0.117. The van der Waals surface area contributed by atoms with Crippen molar-refractivity contribution in [3.8, 4) is 0 Å². The van der Waals surface area contributed by atoms with Crippen LogP contribution in [0, 0.1) is 5.82 Å². The van der Waals surface area contributed by atoms with Crippen molar-refractivity contribution in [1.29, 1.82) is 0 Å². The van der Waals surface area contributed by atoms with Crippen LogP contribution in [0.4, 0.5) is 10.2 Å². The number of aromatic nitrogens is 1. The van der Waals surface area contributed by atoms with E-state index in [4.69, 9.17) is 11.6 Å². The average molecular weight is 244 g/mol. The molecule has 6 heteroatoms. The van der Waals surface area contributed by atoms with Gasteiger partial charge in [0.25, 0.3) is 0 Å².